The minimum absolute atomic E-state index is 0.0356. The molecule has 1 aliphatic heterocycles. The highest BCUT2D eigenvalue weighted by Crippen LogP contribution is 2.28. The molecule has 1 amide bonds. The van der Waals surface area contributed by atoms with Gasteiger partial charge in [-0.25, -0.2) is 13.2 Å². The van der Waals surface area contributed by atoms with E-state index in [-0.39, 0.29) is 6.42 Å². The Hall–Kier alpha value is -0.780. The number of nitrogens with one attached hydrogen (secondary N) is 1. The molecule has 3 nitrogen and oxygen atoms in total. The van der Waals surface area contributed by atoms with E-state index in [4.69, 9.17) is 5.73 Å². The van der Waals surface area contributed by atoms with Crippen molar-refractivity contribution in [2.75, 3.05) is 6.54 Å². The second kappa shape index (κ2) is 4.16. The quantitative estimate of drug-likeness (QED) is 0.716. The number of alkyl halides is 3. The van der Waals surface area contributed by atoms with Crippen molar-refractivity contribution < 1.29 is 18.0 Å². The molecule has 0 aliphatic carbocycles. The first-order chi connectivity index (χ1) is 6.50. The number of hydrogen-bond donors (Lipinski definition) is 2. The molecule has 6 heteroatoms. The zero-order valence-electron chi connectivity index (χ0n) is 7.60. The Morgan fingerprint density at radius 1 is 1.36 bits per heavy atom. The predicted molar refractivity (Wildman–Crippen MR) is 44.7 cm³/mol. The van der Waals surface area contributed by atoms with Crippen molar-refractivity contribution in [3.63, 3.8) is 0 Å². The number of carbonyl (C=O) groups is 1. The van der Waals surface area contributed by atoms with Gasteiger partial charge < -0.3 is 11.1 Å². The molecule has 3 N–H and O–H groups in total. The van der Waals surface area contributed by atoms with Crippen LogP contribution in [0.1, 0.15) is 19.3 Å². The molecule has 82 valence electrons. The van der Waals surface area contributed by atoms with Crippen molar-refractivity contribution in [3.05, 3.63) is 0 Å². The fraction of sp³-hybridized carbons (Fsp3) is 0.875. The van der Waals surface area contributed by atoms with Crippen molar-refractivity contribution in [2.24, 2.45) is 5.73 Å². The van der Waals surface area contributed by atoms with Gasteiger partial charge in [0, 0.05) is 0 Å². The topological polar surface area (TPSA) is 55.1 Å². The van der Waals surface area contributed by atoms with Crippen molar-refractivity contribution >= 4 is 5.91 Å². The van der Waals surface area contributed by atoms with Crippen LogP contribution in [0.4, 0.5) is 13.2 Å². The fourth-order valence-corrected chi connectivity index (χ4v) is 1.73. The van der Waals surface area contributed by atoms with Crippen LogP contribution in [0.5, 0.6) is 0 Å². The molecule has 0 bridgehead atoms. The molecule has 1 fully saturated rings. The van der Waals surface area contributed by atoms with Gasteiger partial charge in [-0.1, -0.05) is 0 Å². The minimum Gasteiger partial charge on any atom is -0.368 e. The second-order valence-electron chi connectivity index (χ2n) is 3.46. The number of primary amides is 1. The second-order valence-corrected chi connectivity index (χ2v) is 3.46. The van der Waals surface area contributed by atoms with E-state index in [1.165, 1.54) is 0 Å². The lowest BCUT2D eigenvalue weighted by molar-refractivity contribution is -0.132. The van der Waals surface area contributed by atoms with Crippen LogP contribution in [0.3, 0.4) is 0 Å². The highest BCUT2D eigenvalue weighted by molar-refractivity contribution is 5.85. The third-order valence-electron chi connectivity index (χ3n) is 2.57. The molecular weight excluding hydrogens is 197 g/mol. The van der Waals surface area contributed by atoms with E-state index in [2.05, 4.69) is 5.32 Å². The molecule has 14 heavy (non-hydrogen) atoms. The summed E-state index contributed by atoms with van der Waals surface area (Å²) in [5.41, 5.74) is 3.10. The van der Waals surface area contributed by atoms with Crippen molar-refractivity contribution in [1.82, 2.24) is 5.32 Å². The smallest absolute Gasteiger partial charge is 0.271 e. The normalized spacial score (nSPS) is 30.3. The number of piperidine rings is 1. The van der Waals surface area contributed by atoms with Gasteiger partial charge in [0.2, 0.25) is 5.91 Å². The average Bonchev–Trinajstić information content (AvgIpc) is 2.17. The standard InChI is InChI=1S/C8H13F3N2O/c9-5(6(10)11)8(7(12)14)3-1-2-4-13-8/h5-6,13H,1-4H2,(H2,12,14). The summed E-state index contributed by atoms with van der Waals surface area (Å²) in [4.78, 5) is 11.0. The van der Waals surface area contributed by atoms with Crippen LogP contribution in [0.25, 0.3) is 0 Å². The van der Waals surface area contributed by atoms with E-state index in [0.29, 0.717) is 13.0 Å². The number of carbonyl (C=O) groups excluding carboxylic acids is 1. The largest absolute Gasteiger partial charge is 0.368 e. The first kappa shape index (κ1) is 11.3. The fourth-order valence-electron chi connectivity index (χ4n) is 1.73. The van der Waals surface area contributed by atoms with Crippen molar-refractivity contribution in [3.8, 4) is 0 Å². The molecule has 0 aromatic heterocycles. The molecule has 2 unspecified atom stereocenters. The van der Waals surface area contributed by atoms with E-state index >= 15 is 0 Å². The van der Waals surface area contributed by atoms with Gasteiger partial charge in [0.1, 0.15) is 5.54 Å². The van der Waals surface area contributed by atoms with Crippen LogP contribution in [-0.2, 0) is 4.79 Å². The van der Waals surface area contributed by atoms with Crippen molar-refractivity contribution in [1.29, 1.82) is 0 Å². The van der Waals surface area contributed by atoms with Crippen LogP contribution in [0, 0.1) is 0 Å². The van der Waals surface area contributed by atoms with Gasteiger partial charge >= 0.3 is 0 Å². The maximum atomic E-state index is 13.2. The Kier molecular flexibility index (Phi) is 3.36. The van der Waals surface area contributed by atoms with Gasteiger partial charge in [0.05, 0.1) is 0 Å². The van der Waals surface area contributed by atoms with Crippen molar-refractivity contribution in [2.45, 2.75) is 37.4 Å². The summed E-state index contributed by atoms with van der Waals surface area (Å²) in [6, 6.07) is 0. The SMILES string of the molecule is NC(=O)C1(C(F)C(F)F)CCCCN1. The van der Waals surface area contributed by atoms with Gasteiger partial charge in [-0.3, -0.25) is 4.79 Å². The molecule has 0 saturated carbocycles. The third-order valence-corrected chi connectivity index (χ3v) is 2.57. The molecule has 1 aliphatic rings. The highest BCUT2D eigenvalue weighted by Gasteiger charge is 2.49. The lowest BCUT2D eigenvalue weighted by Crippen LogP contribution is -2.65. The summed E-state index contributed by atoms with van der Waals surface area (Å²) in [7, 11) is 0. The average molecular weight is 210 g/mol. The Balaban J connectivity index is 2.85. The van der Waals surface area contributed by atoms with Gasteiger partial charge in [0.25, 0.3) is 6.43 Å². The van der Waals surface area contributed by atoms with Gasteiger partial charge in [0.15, 0.2) is 6.17 Å². The maximum Gasteiger partial charge on any atom is 0.271 e. The van der Waals surface area contributed by atoms with Crippen LogP contribution in [0.15, 0.2) is 0 Å². The molecule has 1 heterocycles. The van der Waals surface area contributed by atoms with Crippen LogP contribution in [-0.4, -0.2) is 30.6 Å². The van der Waals surface area contributed by atoms with Crippen LogP contribution >= 0.6 is 0 Å². The number of amides is 1. The zero-order valence-corrected chi connectivity index (χ0v) is 7.60. The number of rotatable bonds is 3. The van der Waals surface area contributed by atoms with Crippen LogP contribution < -0.4 is 11.1 Å². The summed E-state index contributed by atoms with van der Waals surface area (Å²) < 4.78 is 37.6. The summed E-state index contributed by atoms with van der Waals surface area (Å²) in [6.45, 7) is 0.343. The molecule has 0 spiro atoms. The molecule has 1 rings (SSSR count). The third kappa shape index (κ3) is 1.84. The number of hydrogen-bond acceptors (Lipinski definition) is 2. The predicted octanol–water partition coefficient (Wildman–Crippen LogP) is 0.587. The minimum atomic E-state index is -3.19. The summed E-state index contributed by atoms with van der Waals surface area (Å²) in [6.07, 6.45) is -4.41. The first-order valence-corrected chi connectivity index (χ1v) is 4.48. The lowest BCUT2D eigenvalue weighted by atomic mass is 9.84. The number of nitrogens with two attached hydrogens (primary N) is 1. The van der Waals surface area contributed by atoms with E-state index in [0.717, 1.165) is 6.42 Å². The monoisotopic (exact) mass is 210 g/mol. The highest BCUT2D eigenvalue weighted by atomic mass is 19.3. The lowest BCUT2D eigenvalue weighted by Gasteiger charge is -2.37. The maximum absolute atomic E-state index is 13.2. The molecule has 2 atom stereocenters. The van der Waals surface area contributed by atoms with Crippen LogP contribution in [0.2, 0.25) is 0 Å². The van der Waals surface area contributed by atoms with E-state index in [1.807, 2.05) is 0 Å². The zero-order chi connectivity index (χ0) is 10.8. The Morgan fingerprint density at radius 3 is 2.36 bits per heavy atom. The van der Waals surface area contributed by atoms with Gasteiger partial charge in [-0.05, 0) is 25.8 Å². The van der Waals surface area contributed by atoms with E-state index in [9.17, 15) is 18.0 Å². The van der Waals surface area contributed by atoms with E-state index in [1.54, 1.807) is 0 Å². The summed E-state index contributed by atoms with van der Waals surface area (Å²) >= 11 is 0. The molecular formula is C8H13F3N2O. The first-order valence-electron chi connectivity index (χ1n) is 4.48. The van der Waals surface area contributed by atoms with Gasteiger partial charge in [-0.15, -0.1) is 0 Å². The van der Waals surface area contributed by atoms with Gasteiger partial charge in [-0.2, -0.15) is 0 Å². The van der Waals surface area contributed by atoms with E-state index < -0.39 is 24.0 Å². The molecule has 0 aromatic rings. The Morgan fingerprint density at radius 2 is 2.00 bits per heavy atom. The Labute approximate surface area is 79.8 Å². The summed E-state index contributed by atoms with van der Waals surface area (Å²) in [5, 5.41) is 2.48. The molecule has 1 saturated heterocycles. The molecule has 0 radical (unpaired) electrons. The molecule has 0 aromatic carbocycles. The summed E-state index contributed by atoms with van der Waals surface area (Å²) in [5.74, 6) is -1.04. The Bertz CT molecular complexity index is 217. The number of halogens is 3.